The minimum atomic E-state index is -6.48. The molecule has 0 aliphatic rings. The first-order valence-corrected chi connectivity index (χ1v) is 5.10. The summed E-state index contributed by atoms with van der Waals surface area (Å²) in [5, 5.41) is 0. The largest absolute Gasteiger partial charge is 0.456 e. The average Bonchev–Trinajstić information content (AvgIpc) is 1.94. The highest BCUT2D eigenvalue weighted by molar-refractivity contribution is 7.80. The van der Waals surface area contributed by atoms with Crippen molar-refractivity contribution in [2.45, 2.75) is 30.8 Å². The molecule has 1 atom stereocenters. The summed E-state index contributed by atoms with van der Waals surface area (Å²) in [7, 11) is -5.92. The van der Waals surface area contributed by atoms with Crippen LogP contribution in [0.4, 0.5) is 35.1 Å². The molecule has 0 saturated heterocycles. The Morgan fingerprint density at radius 1 is 1.00 bits per heavy atom. The van der Waals surface area contributed by atoms with Crippen LogP contribution in [0, 0.1) is 0 Å². The molecule has 4 nitrogen and oxygen atoms in total. The van der Waals surface area contributed by atoms with Gasteiger partial charge >= 0.3 is 28.7 Å². The van der Waals surface area contributed by atoms with E-state index in [0.717, 1.165) is 0 Å². The standard InChI is InChI=1S/C5H4F8O4S/c6-3(7,8)1-2(17-18(14,15)16)4(9,10)5(11,12)13/h2H,1H2,(H,14,15,16). The molecule has 110 valence electrons. The van der Waals surface area contributed by atoms with Gasteiger partial charge < -0.3 is 0 Å². The van der Waals surface area contributed by atoms with Gasteiger partial charge in [0.2, 0.25) is 0 Å². The van der Waals surface area contributed by atoms with Crippen molar-refractivity contribution in [3.63, 3.8) is 0 Å². The Bertz CT molecular complexity index is 381. The monoisotopic (exact) mass is 312 g/mol. The van der Waals surface area contributed by atoms with Crippen molar-refractivity contribution in [2.24, 2.45) is 0 Å². The number of hydrogen-bond donors (Lipinski definition) is 1. The van der Waals surface area contributed by atoms with Gasteiger partial charge in [-0.3, -0.25) is 4.55 Å². The highest BCUT2D eigenvalue weighted by Gasteiger charge is 2.65. The third-order valence-corrected chi connectivity index (χ3v) is 1.91. The van der Waals surface area contributed by atoms with Crippen LogP contribution in [-0.4, -0.2) is 37.3 Å². The predicted molar refractivity (Wildman–Crippen MR) is 38.1 cm³/mol. The fourth-order valence-corrected chi connectivity index (χ4v) is 1.24. The van der Waals surface area contributed by atoms with Gasteiger partial charge in [0, 0.05) is 0 Å². The SMILES string of the molecule is O=S(=O)(O)OC(CC(F)(F)F)C(F)(F)C(F)(F)F. The predicted octanol–water partition coefficient (Wildman–Crippen LogP) is 2.32. The van der Waals surface area contributed by atoms with E-state index in [1.165, 1.54) is 0 Å². The van der Waals surface area contributed by atoms with Gasteiger partial charge in [-0.25, -0.2) is 4.18 Å². The van der Waals surface area contributed by atoms with E-state index in [0.29, 0.717) is 0 Å². The second kappa shape index (κ2) is 4.77. The second-order valence-electron chi connectivity index (χ2n) is 2.95. The van der Waals surface area contributed by atoms with Crippen LogP contribution in [0.3, 0.4) is 0 Å². The zero-order valence-electron chi connectivity index (χ0n) is 7.89. The van der Waals surface area contributed by atoms with E-state index in [1.54, 1.807) is 0 Å². The lowest BCUT2D eigenvalue weighted by Crippen LogP contribution is -2.50. The maximum Gasteiger partial charge on any atom is 0.456 e. The van der Waals surface area contributed by atoms with Gasteiger partial charge in [0.1, 0.15) is 0 Å². The van der Waals surface area contributed by atoms with Crippen LogP contribution in [0.5, 0.6) is 0 Å². The van der Waals surface area contributed by atoms with Crippen LogP contribution in [0.1, 0.15) is 6.42 Å². The molecule has 0 bridgehead atoms. The lowest BCUT2D eigenvalue weighted by molar-refractivity contribution is -0.318. The van der Waals surface area contributed by atoms with Crippen molar-refractivity contribution < 1.29 is 52.3 Å². The van der Waals surface area contributed by atoms with Crippen LogP contribution in [-0.2, 0) is 14.6 Å². The van der Waals surface area contributed by atoms with Gasteiger partial charge in [0.15, 0.2) is 6.10 Å². The van der Waals surface area contributed by atoms with Crippen molar-refractivity contribution in [2.75, 3.05) is 0 Å². The van der Waals surface area contributed by atoms with Gasteiger partial charge in [-0.15, -0.1) is 0 Å². The molecule has 0 heterocycles. The first-order valence-electron chi connectivity index (χ1n) is 3.73. The van der Waals surface area contributed by atoms with Gasteiger partial charge in [-0.05, 0) is 0 Å². The summed E-state index contributed by atoms with van der Waals surface area (Å²) in [4.78, 5) is 0. The lowest BCUT2D eigenvalue weighted by atomic mass is 10.1. The van der Waals surface area contributed by atoms with Crippen molar-refractivity contribution in [1.82, 2.24) is 0 Å². The molecule has 0 aliphatic heterocycles. The third-order valence-electron chi connectivity index (χ3n) is 1.44. The zero-order chi connectivity index (χ0) is 15.0. The molecule has 13 heteroatoms. The summed E-state index contributed by atoms with van der Waals surface area (Å²) in [5.74, 6) is -6.11. The molecule has 0 rings (SSSR count). The van der Waals surface area contributed by atoms with Gasteiger partial charge in [-0.2, -0.15) is 43.5 Å². The Balaban J connectivity index is 5.35. The first kappa shape index (κ1) is 17.3. The normalized spacial score (nSPS) is 16.7. The first-order chi connectivity index (χ1) is 7.56. The molecule has 18 heavy (non-hydrogen) atoms. The third kappa shape index (κ3) is 5.30. The Kier molecular flexibility index (Phi) is 4.59. The Labute approximate surface area is 94.5 Å². The molecule has 0 aromatic heterocycles. The Morgan fingerprint density at radius 3 is 1.61 bits per heavy atom. The molecule has 0 aromatic carbocycles. The van der Waals surface area contributed by atoms with E-state index in [9.17, 15) is 43.5 Å². The summed E-state index contributed by atoms with van der Waals surface area (Å²) in [6, 6.07) is 0. The summed E-state index contributed by atoms with van der Waals surface area (Å²) in [6.45, 7) is 0. The molecule has 1 N–H and O–H groups in total. The van der Waals surface area contributed by atoms with Crippen molar-refractivity contribution in [1.29, 1.82) is 0 Å². The number of alkyl halides is 8. The highest BCUT2D eigenvalue weighted by atomic mass is 32.3. The second-order valence-corrected chi connectivity index (χ2v) is 4.00. The van der Waals surface area contributed by atoms with Crippen molar-refractivity contribution in [3.8, 4) is 0 Å². The minimum Gasteiger partial charge on any atom is -0.264 e. The average molecular weight is 312 g/mol. The topological polar surface area (TPSA) is 63.6 Å². The van der Waals surface area contributed by atoms with Gasteiger partial charge in [-0.1, -0.05) is 0 Å². The van der Waals surface area contributed by atoms with E-state index in [-0.39, 0.29) is 0 Å². The zero-order valence-corrected chi connectivity index (χ0v) is 8.70. The number of halogens is 8. The molecule has 0 amide bonds. The Hall–Kier alpha value is -0.690. The maximum atomic E-state index is 12.5. The quantitative estimate of drug-likeness (QED) is 0.639. The molecule has 0 spiro atoms. The smallest absolute Gasteiger partial charge is 0.264 e. The number of hydrogen-bond acceptors (Lipinski definition) is 3. The van der Waals surface area contributed by atoms with E-state index in [4.69, 9.17) is 4.55 Å². The van der Waals surface area contributed by atoms with Crippen molar-refractivity contribution in [3.05, 3.63) is 0 Å². The summed E-state index contributed by atoms with van der Waals surface area (Å²) < 4.78 is 126. The molecular formula is C5H4F8O4S. The molecular weight excluding hydrogens is 308 g/mol. The van der Waals surface area contributed by atoms with Crippen LogP contribution >= 0.6 is 0 Å². The van der Waals surface area contributed by atoms with Crippen LogP contribution in [0.15, 0.2) is 0 Å². The number of rotatable bonds is 4. The fraction of sp³-hybridized carbons (Fsp3) is 1.00. The van der Waals surface area contributed by atoms with Gasteiger partial charge in [0.25, 0.3) is 0 Å². The molecule has 0 aromatic rings. The summed E-state index contributed by atoms with van der Waals surface area (Å²) >= 11 is 0. The van der Waals surface area contributed by atoms with E-state index in [2.05, 4.69) is 4.18 Å². The minimum absolute atomic E-state index is 2.74. The van der Waals surface area contributed by atoms with Crippen molar-refractivity contribution >= 4 is 10.4 Å². The molecule has 0 aliphatic carbocycles. The van der Waals surface area contributed by atoms with Gasteiger partial charge in [0.05, 0.1) is 6.42 Å². The van der Waals surface area contributed by atoms with Crippen LogP contribution in [0.25, 0.3) is 0 Å². The summed E-state index contributed by atoms with van der Waals surface area (Å²) in [6.07, 6.45) is -19.1. The highest BCUT2D eigenvalue weighted by Crippen LogP contribution is 2.43. The van der Waals surface area contributed by atoms with Crippen LogP contribution in [0.2, 0.25) is 0 Å². The Morgan fingerprint density at radius 2 is 1.39 bits per heavy atom. The lowest BCUT2D eigenvalue weighted by Gasteiger charge is -2.27. The van der Waals surface area contributed by atoms with Crippen LogP contribution < -0.4 is 0 Å². The van der Waals surface area contributed by atoms with E-state index in [1.807, 2.05) is 0 Å². The molecule has 0 fully saturated rings. The molecule has 1 unspecified atom stereocenters. The van der Waals surface area contributed by atoms with E-state index >= 15 is 0 Å². The fourth-order valence-electron chi connectivity index (χ4n) is 0.762. The maximum absolute atomic E-state index is 12.5. The van der Waals surface area contributed by atoms with E-state index < -0.39 is 41.2 Å². The molecule has 0 radical (unpaired) electrons. The summed E-state index contributed by atoms with van der Waals surface area (Å²) in [5.41, 5.74) is 0. The molecule has 0 saturated carbocycles.